The van der Waals surface area contributed by atoms with Crippen LogP contribution < -0.4 is 5.32 Å². The molecule has 23 heavy (non-hydrogen) atoms. The summed E-state index contributed by atoms with van der Waals surface area (Å²) in [5.74, 6) is 0.943. The molecule has 3 rings (SSSR count). The summed E-state index contributed by atoms with van der Waals surface area (Å²) in [7, 11) is 0. The lowest BCUT2D eigenvalue weighted by Crippen LogP contribution is -2.28. The second kappa shape index (κ2) is 6.50. The number of benzene rings is 1. The number of hydrogen-bond donors (Lipinski definition) is 2. The number of aryl methyl sites for hydroxylation is 1. The zero-order valence-corrected chi connectivity index (χ0v) is 12.5. The Morgan fingerprint density at radius 1 is 1.30 bits per heavy atom. The smallest absolute Gasteiger partial charge is 0.273 e. The number of furan rings is 1. The van der Waals surface area contributed by atoms with Gasteiger partial charge in [-0.1, -0.05) is 29.4 Å². The minimum Gasteiger partial charge on any atom is -0.464 e. The average molecular weight is 312 g/mol. The summed E-state index contributed by atoms with van der Waals surface area (Å²) < 4.78 is 10.2. The van der Waals surface area contributed by atoms with E-state index in [4.69, 9.17) is 8.94 Å². The monoisotopic (exact) mass is 312 g/mol. The minimum absolute atomic E-state index is 0.0881. The highest BCUT2D eigenvalue weighted by molar-refractivity contribution is 5.92. The minimum atomic E-state index is -0.808. The maximum absolute atomic E-state index is 11.8. The number of aliphatic hydroxyl groups excluding tert-OH is 1. The molecule has 1 amide bonds. The number of amides is 1. The van der Waals surface area contributed by atoms with E-state index in [2.05, 4.69) is 10.5 Å². The molecule has 6 nitrogen and oxygen atoms in total. The number of carbonyl (C=O) groups excluding carboxylic acids is 1. The van der Waals surface area contributed by atoms with Crippen LogP contribution in [0.4, 0.5) is 0 Å². The van der Waals surface area contributed by atoms with Gasteiger partial charge in [0.1, 0.15) is 11.5 Å². The van der Waals surface area contributed by atoms with Gasteiger partial charge < -0.3 is 19.4 Å². The number of nitrogens with one attached hydrogen (secondary N) is 1. The van der Waals surface area contributed by atoms with Gasteiger partial charge in [0.25, 0.3) is 5.91 Å². The standard InChI is InChI=1S/C17H16N2O4/c1-11-9-14(19-23-11)17(21)18-10-15(20)12-4-6-13(7-5-12)16-3-2-8-22-16/h2-9,15,20H,10H2,1H3,(H,18,21)/t15-/m1/s1. The van der Waals surface area contributed by atoms with Crippen molar-refractivity contribution in [3.63, 3.8) is 0 Å². The van der Waals surface area contributed by atoms with Crippen molar-refractivity contribution in [1.82, 2.24) is 10.5 Å². The second-order valence-corrected chi connectivity index (χ2v) is 5.15. The molecule has 2 N–H and O–H groups in total. The van der Waals surface area contributed by atoms with Crippen LogP contribution in [0.3, 0.4) is 0 Å². The van der Waals surface area contributed by atoms with Gasteiger partial charge in [0.05, 0.1) is 12.4 Å². The van der Waals surface area contributed by atoms with Gasteiger partial charge in [-0.2, -0.15) is 0 Å². The van der Waals surface area contributed by atoms with E-state index in [1.807, 2.05) is 24.3 Å². The molecule has 6 heteroatoms. The summed E-state index contributed by atoms with van der Waals surface area (Å²) in [5, 5.41) is 16.4. The van der Waals surface area contributed by atoms with Crippen molar-refractivity contribution in [2.75, 3.05) is 6.54 Å². The molecular weight excluding hydrogens is 296 g/mol. The highest BCUT2D eigenvalue weighted by Crippen LogP contribution is 2.22. The van der Waals surface area contributed by atoms with Gasteiger partial charge in [-0.05, 0) is 24.6 Å². The Labute approximate surface area is 132 Å². The summed E-state index contributed by atoms with van der Waals surface area (Å²) in [6.45, 7) is 1.80. The summed E-state index contributed by atoms with van der Waals surface area (Å²) in [6, 6.07) is 12.6. The predicted octanol–water partition coefficient (Wildman–Crippen LogP) is 2.71. The molecule has 0 fully saturated rings. The number of aliphatic hydroxyl groups is 1. The number of rotatable bonds is 5. The lowest BCUT2D eigenvalue weighted by atomic mass is 10.1. The molecule has 0 radical (unpaired) electrons. The van der Waals surface area contributed by atoms with Gasteiger partial charge >= 0.3 is 0 Å². The fourth-order valence-corrected chi connectivity index (χ4v) is 2.18. The Kier molecular flexibility index (Phi) is 4.25. The zero-order valence-electron chi connectivity index (χ0n) is 12.5. The first-order valence-corrected chi connectivity index (χ1v) is 7.17. The van der Waals surface area contributed by atoms with E-state index in [9.17, 15) is 9.90 Å². The van der Waals surface area contributed by atoms with Crippen LogP contribution in [0.2, 0.25) is 0 Å². The Hall–Kier alpha value is -2.86. The third-order valence-electron chi connectivity index (χ3n) is 3.42. The molecular formula is C17H16N2O4. The molecule has 0 saturated heterocycles. The van der Waals surface area contributed by atoms with Crippen LogP contribution in [0.5, 0.6) is 0 Å². The first kappa shape index (κ1) is 15.1. The first-order chi connectivity index (χ1) is 11.1. The van der Waals surface area contributed by atoms with Gasteiger partial charge in [0.15, 0.2) is 5.69 Å². The normalized spacial score (nSPS) is 12.1. The number of nitrogens with zero attached hydrogens (tertiary/aromatic N) is 1. The van der Waals surface area contributed by atoms with Crippen molar-refractivity contribution < 1.29 is 18.8 Å². The second-order valence-electron chi connectivity index (χ2n) is 5.15. The third-order valence-corrected chi connectivity index (χ3v) is 3.42. The maximum atomic E-state index is 11.8. The fraction of sp³-hybridized carbons (Fsp3) is 0.176. The highest BCUT2D eigenvalue weighted by atomic mass is 16.5. The van der Waals surface area contributed by atoms with Gasteiger partial charge in [0.2, 0.25) is 0 Å². The topological polar surface area (TPSA) is 88.5 Å². The van der Waals surface area contributed by atoms with Gasteiger partial charge in [-0.25, -0.2) is 0 Å². The largest absolute Gasteiger partial charge is 0.464 e. The van der Waals surface area contributed by atoms with E-state index in [-0.39, 0.29) is 18.1 Å². The van der Waals surface area contributed by atoms with Gasteiger partial charge in [0, 0.05) is 18.2 Å². The molecule has 0 spiro atoms. The lowest BCUT2D eigenvalue weighted by Gasteiger charge is -2.12. The van der Waals surface area contributed by atoms with Crippen LogP contribution in [-0.2, 0) is 0 Å². The molecule has 1 aromatic carbocycles. The first-order valence-electron chi connectivity index (χ1n) is 7.17. The quantitative estimate of drug-likeness (QED) is 0.756. The molecule has 0 bridgehead atoms. The van der Waals surface area contributed by atoms with Crippen LogP contribution >= 0.6 is 0 Å². The zero-order chi connectivity index (χ0) is 16.2. The Balaban J connectivity index is 1.60. The van der Waals surface area contributed by atoms with E-state index in [0.717, 1.165) is 11.3 Å². The van der Waals surface area contributed by atoms with Crippen LogP contribution in [0.1, 0.15) is 27.9 Å². The Morgan fingerprint density at radius 3 is 2.70 bits per heavy atom. The molecule has 118 valence electrons. The highest BCUT2D eigenvalue weighted by Gasteiger charge is 2.14. The number of hydrogen-bond acceptors (Lipinski definition) is 5. The number of aromatic nitrogens is 1. The maximum Gasteiger partial charge on any atom is 0.273 e. The van der Waals surface area contributed by atoms with Gasteiger partial charge in [-0.15, -0.1) is 0 Å². The van der Waals surface area contributed by atoms with Crippen molar-refractivity contribution in [3.8, 4) is 11.3 Å². The van der Waals surface area contributed by atoms with Crippen LogP contribution in [0, 0.1) is 6.92 Å². The predicted molar refractivity (Wildman–Crippen MR) is 82.7 cm³/mol. The molecule has 0 aliphatic carbocycles. The number of carbonyl (C=O) groups is 1. The molecule has 0 aliphatic rings. The van der Waals surface area contributed by atoms with Crippen molar-refractivity contribution in [3.05, 3.63) is 65.7 Å². The Morgan fingerprint density at radius 2 is 2.09 bits per heavy atom. The lowest BCUT2D eigenvalue weighted by molar-refractivity contribution is 0.0907. The van der Waals surface area contributed by atoms with Crippen molar-refractivity contribution in [2.24, 2.45) is 0 Å². The van der Waals surface area contributed by atoms with Crippen LogP contribution in [-0.4, -0.2) is 22.7 Å². The van der Waals surface area contributed by atoms with E-state index in [1.54, 1.807) is 31.4 Å². The molecule has 1 atom stereocenters. The van der Waals surface area contributed by atoms with E-state index in [0.29, 0.717) is 11.3 Å². The Bertz CT molecular complexity index is 775. The summed E-state index contributed by atoms with van der Waals surface area (Å²) >= 11 is 0. The van der Waals surface area contributed by atoms with Crippen LogP contribution in [0.15, 0.2) is 57.7 Å². The van der Waals surface area contributed by atoms with Crippen molar-refractivity contribution in [2.45, 2.75) is 13.0 Å². The molecule has 0 unspecified atom stereocenters. The summed E-state index contributed by atoms with van der Waals surface area (Å²) in [4.78, 5) is 11.8. The third kappa shape index (κ3) is 3.49. The molecule has 0 aliphatic heterocycles. The van der Waals surface area contributed by atoms with Crippen molar-refractivity contribution >= 4 is 5.91 Å². The average Bonchev–Trinajstić information content (AvgIpc) is 3.24. The van der Waals surface area contributed by atoms with E-state index >= 15 is 0 Å². The SMILES string of the molecule is Cc1cc(C(=O)NC[C@@H](O)c2ccc(-c3ccco3)cc2)no1. The van der Waals surface area contributed by atoms with E-state index in [1.165, 1.54) is 0 Å². The van der Waals surface area contributed by atoms with E-state index < -0.39 is 6.10 Å². The molecule has 2 aromatic heterocycles. The van der Waals surface area contributed by atoms with Crippen molar-refractivity contribution in [1.29, 1.82) is 0 Å². The fourth-order valence-electron chi connectivity index (χ4n) is 2.18. The van der Waals surface area contributed by atoms with Crippen LogP contribution in [0.25, 0.3) is 11.3 Å². The summed E-state index contributed by atoms with van der Waals surface area (Å²) in [5.41, 5.74) is 1.83. The van der Waals surface area contributed by atoms with Gasteiger partial charge in [-0.3, -0.25) is 4.79 Å². The molecule has 0 saturated carbocycles. The molecule has 2 heterocycles. The molecule has 3 aromatic rings. The summed E-state index contributed by atoms with van der Waals surface area (Å²) in [6.07, 6.45) is 0.803.